The highest BCUT2D eigenvalue weighted by molar-refractivity contribution is 6.09. The van der Waals surface area contributed by atoms with E-state index in [9.17, 15) is 9.18 Å². The van der Waals surface area contributed by atoms with E-state index in [1.165, 1.54) is 25.3 Å². The number of anilines is 2. The SMILES string of the molecule is COc1cc(C(=O)N2CCc3cccc(N)c32)ccc1F. The Balaban J connectivity index is 1.98. The predicted octanol–water partition coefficient (Wildman–Crippen LogP) is 2.62. The monoisotopic (exact) mass is 286 g/mol. The van der Waals surface area contributed by atoms with Crippen LogP contribution in [0.5, 0.6) is 5.75 Å². The first-order chi connectivity index (χ1) is 10.1. The van der Waals surface area contributed by atoms with Crippen LogP contribution in [0, 0.1) is 5.82 Å². The second-order valence-corrected chi connectivity index (χ2v) is 4.91. The maximum atomic E-state index is 13.4. The van der Waals surface area contributed by atoms with Crippen LogP contribution in [0.3, 0.4) is 0 Å². The predicted molar refractivity (Wildman–Crippen MR) is 79.2 cm³/mol. The number of para-hydroxylation sites is 1. The third kappa shape index (κ3) is 2.20. The summed E-state index contributed by atoms with van der Waals surface area (Å²) in [5.74, 6) is -0.637. The first-order valence-electron chi connectivity index (χ1n) is 6.64. The van der Waals surface area contributed by atoms with E-state index in [4.69, 9.17) is 10.5 Å². The largest absolute Gasteiger partial charge is 0.494 e. The van der Waals surface area contributed by atoms with Gasteiger partial charge in [0.05, 0.1) is 18.5 Å². The number of nitrogens with two attached hydrogens (primary N) is 1. The normalized spacial score (nSPS) is 13.1. The van der Waals surface area contributed by atoms with Crippen LogP contribution >= 0.6 is 0 Å². The van der Waals surface area contributed by atoms with Gasteiger partial charge >= 0.3 is 0 Å². The molecule has 0 fully saturated rings. The van der Waals surface area contributed by atoms with E-state index in [2.05, 4.69) is 0 Å². The fourth-order valence-corrected chi connectivity index (χ4v) is 2.64. The Kier molecular flexibility index (Phi) is 3.25. The van der Waals surface area contributed by atoms with Crippen LogP contribution in [0.4, 0.5) is 15.8 Å². The first kappa shape index (κ1) is 13.4. The molecule has 0 radical (unpaired) electrons. The van der Waals surface area contributed by atoms with Gasteiger partial charge in [-0.15, -0.1) is 0 Å². The minimum atomic E-state index is -0.490. The summed E-state index contributed by atoms with van der Waals surface area (Å²) in [6.07, 6.45) is 0.768. The molecule has 5 heteroatoms. The van der Waals surface area contributed by atoms with Crippen LogP contribution in [0.25, 0.3) is 0 Å². The van der Waals surface area contributed by atoms with Crippen molar-refractivity contribution >= 4 is 17.3 Å². The van der Waals surface area contributed by atoms with E-state index in [-0.39, 0.29) is 11.7 Å². The number of fused-ring (bicyclic) bond motifs is 1. The standard InChI is InChI=1S/C16H15FN2O2/c1-21-14-9-11(5-6-12(14)17)16(20)19-8-7-10-3-2-4-13(18)15(10)19/h2-6,9H,7-8,18H2,1H3. The van der Waals surface area contributed by atoms with E-state index in [0.29, 0.717) is 17.8 Å². The number of halogens is 1. The molecule has 0 aromatic heterocycles. The topological polar surface area (TPSA) is 55.6 Å². The summed E-state index contributed by atoms with van der Waals surface area (Å²) >= 11 is 0. The number of carbonyl (C=O) groups excluding carboxylic acids is 1. The molecule has 1 amide bonds. The summed E-state index contributed by atoms with van der Waals surface area (Å²) in [6, 6.07) is 9.71. The summed E-state index contributed by atoms with van der Waals surface area (Å²) < 4.78 is 18.4. The number of nitrogens with zero attached hydrogens (tertiary/aromatic N) is 1. The molecule has 1 aliphatic heterocycles. The minimum Gasteiger partial charge on any atom is -0.494 e. The van der Waals surface area contributed by atoms with Crippen molar-refractivity contribution in [2.24, 2.45) is 0 Å². The summed E-state index contributed by atoms with van der Waals surface area (Å²) in [6.45, 7) is 0.571. The van der Waals surface area contributed by atoms with Crippen LogP contribution in [0.1, 0.15) is 15.9 Å². The number of methoxy groups -OCH3 is 1. The third-order valence-electron chi connectivity index (χ3n) is 3.67. The third-order valence-corrected chi connectivity index (χ3v) is 3.67. The van der Waals surface area contributed by atoms with Gasteiger partial charge in [-0.2, -0.15) is 0 Å². The molecular formula is C16H15FN2O2. The molecule has 2 aromatic rings. The minimum absolute atomic E-state index is 0.0568. The number of benzene rings is 2. The van der Waals surface area contributed by atoms with Crippen LogP contribution in [0.2, 0.25) is 0 Å². The fourth-order valence-electron chi connectivity index (χ4n) is 2.64. The van der Waals surface area contributed by atoms with Gasteiger partial charge in [-0.25, -0.2) is 4.39 Å². The molecule has 1 heterocycles. The van der Waals surface area contributed by atoms with Gasteiger partial charge in [-0.1, -0.05) is 12.1 Å². The van der Waals surface area contributed by atoms with Gasteiger partial charge in [-0.05, 0) is 36.2 Å². The highest BCUT2D eigenvalue weighted by Gasteiger charge is 2.27. The number of carbonyl (C=O) groups is 1. The Morgan fingerprint density at radius 1 is 1.33 bits per heavy atom. The Morgan fingerprint density at radius 3 is 2.90 bits per heavy atom. The van der Waals surface area contributed by atoms with Crippen LogP contribution in [0.15, 0.2) is 36.4 Å². The van der Waals surface area contributed by atoms with E-state index in [1.54, 1.807) is 11.0 Å². The molecule has 0 unspecified atom stereocenters. The second-order valence-electron chi connectivity index (χ2n) is 4.91. The number of ether oxygens (including phenoxy) is 1. The Bertz CT molecular complexity index is 715. The molecule has 2 aromatic carbocycles. The summed E-state index contributed by atoms with van der Waals surface area (Å²) in [7, 11) is 1.37. The van der Waals surface area contributed by atoms with Crippen LogP contribution in [-0.4, -0.2) is 19.6 Å². The van der Waals surface area contributed by atoms with Gasteiger partial charge in [-0.3, -0.25) is 4.79 Å². The number of hydrogen-bond donors (Lipinski definition) is 1. The number of amides is 1. The highest BCUT2D eigenvalue weighted by atomic mass is 19.1. The van der Waals surface area contributed by atoms with E-state index >= 15 is 0 Å². The zero-order valence-corrected chi connectivity index (χ0v) is 11.6. The lowest BCUT2D eigenvalue weighted by Gasteiger charge is -2.19. The number of rotatable bonds is 2. The molecule has 2 N–H and O–H groups in total. The molecule has 1 aliphatic rings. The van der Waals surface area contributed by atoms with E-state index in [0.717, 1.165) is 17.7 Å². The molecule has 0 spiro atoms. The van der Waals surface area contributed by atoms with Gasteiger partial charge in [0.1, 0.15) is 0 Å². The second kappa shape index (κ2) is 5.09. The van der Waals surface area contributed by atoms with Crippen molar-refractivity contribution in [2.75, 3.05) is 24.3 Å². The highest BCUT2D eigenvalue weighted by Crippen LogP contribution is 2.35. The number of hydrogen-bond acceptors (Lipinski definition) is 3. The maximum absolute atomic E-state index is 13.4. The summed E-state index contributed by atoms with van der Waals surface area (Å²) in [5, 5.41) is 0. The molecule has 0 saturated heterocycles. The van der Waals surface area contributed by atoms with Gasteiger partial charge in [0.25, 0.3) is 5.91 Å². The van der Waals surface area contributed by atoms with Crippen molar-refractivity contribution < 1.29 is 13.9 Å². The van der Waals surface area contributed by atoms with Crippen LogP contribution in [-0.2, 0) is 6.42 Å². The molecule has 4 nitrogen and oxygen atoms in total. The Morgan fingerprint density at radius 2 is 2.14 bits per heavy atom. The molecule has 0 atom stereocenters. The van der Waals surface area contributed by atoms with E-state index < -0.39 is 5.82 Å². The molecule has 0 aliphatic carbocycles. The smallest absolute Gasteiger partial charge is 0.258 e. The summed E-state index contributed by atoms with van der Waals surface area (Å²) in [5.41, 5.74) is 8.74. The van der Waals surface area contributed by atoms with Crippen molar-refractivity contribution in [2.45, 2.75) is 6.42 Å². The van der Waals surface area contributed by atoms with E-state index in [1.807, 2.05) is 12.1 Å². The van der Waals surface area contributed by atoms with Crippen LogP contribution < -0.4 is 15.4 Å². The van der Waals surface area contributed by atoms with Gasteiger partial charge in [0.2, 0.25) is 0 Å². The molecule has 21 heavy (non-hydrogen) atoms. The summed E-state index contributed by atoms with van der Waals surface area (Å²) in [4.78, 5) is 14.3. The zero-order chi connectivity index (χ0) is 15.0. The van der Waals surface area contributed by atoms with Crippen molar-refractivity contribution in [3.63, 3.8) is 0 Å². The Labute approximate surface area is 121 Å². The van der Waals surface area contributed by atoms with Crippen molar-refractivity contribution in [1.82, 2.24) is 0 Å². The average molecular weight is 286 g/mol. The maximum Gasteiger partial charge on any atom is 0.258 e. The van der Waals surface area contributed by atoms with Gasteiger partial charge < -0.3 is 15.4 Å². The van der Waals surface area contributed by atoms with Crippen molar-refractivity contribution in [1.29, 1.82) is 0 Å². The quantitative estimate of drug-likeness (QED) is 0.863. The molecule has 108 valence electrons. The van der Waals surface area contributed by atoms with Crippen molar-refractivity contribution in [3.8, 4) is 5.75 Å². The zero-order valence-electron chi connectivity index (χ0n) is 11.6. The lowest BCUT2D eigenvalue weighted by atomic mass is 10.1. The number of nitrogen functional groups attached to an aromatic ring is 1. The first-order valence-corrected chi connectivity index (χ1v) is 6.64. The van der Waals surface area contributed by atoms with Gasteiger partial charge in [0.15, 0.2) is 11.6 Å². The molecule has 3 rings (SSSR count). The lowest BCUT2D eigenvalue weighted by molar-refractivity contribution is 0.0989. The van der Waals surface area contributed by atoms with Gasteiger partial charge in [0, 0.05) is 12.1 Å². The Hall–Kier alpha value is -2.56. The molecule has 0 bridgehead atoms. The molecular weight excluding hydrogens is 271 g/mol. The van der Waals surface area contributed by atoms with Crippen molar-refractivity contribution in [3.05, 3.63) is 53.3 Å². The molecule has 0 saturated carbocycles. The lowest BCUT2D eigenvalue weighted by Crippen LogP contribution is -2.29. The average Bonchev–Trinajstić information content (AvgIpc) is 2.92. The fraction of sp³-hybridized carbons (Fsp3) is 0.188.